The van der Waals surface area contributed by atoms with Gasteiger partial charge in [0.15, 0.2) is 11.5 Å². The zero-order valence-electron chi connectivity index (χ0n) is 18.3. The quantitative estimate of drug-likeness (QED) is 0.269. The van der Waals surface area contributed by atoms with E-state index in [-0.39, 0.29) is 39.9 Å². The lowest BCUT2D eigenvalue weighted by molar-refractivity contribution is -0.277. The highest BCUT2D eigenvalue weighted by Crippen LogP contribution is 2.37. The van der Waals surface area contributed by atoms with Crippen molar-refractivity contribution in [3.8, 4) is 28.7 Å². The lowest BCUT2D eigenvalue weighted by Crippen LogP contribution is -2.60. The highest BCUT2D eigenvalue weighted by Gasteiger charge is 2.44. The Balaban J connectivity index is 1.82. The lowest BCUT2D eigenvalue weighted by Gasteiger charge is -2.39. The highest BCUT2D eigenvalue weighted by molar-refractivity contribution is 5.96. The van der Waals surface area contributed by atoms with Crippen LogP contribution in [0.15, 0.2) is 30.3 Å². The van der Waals surface area contributed by atoms with Gasteiger partial charge in [0.25, 0.3) is 0 Å². The van der Waals surface area contributed by atoms with Crippen LogP contribution in [-0.2, 0) is 16.1 Å². The smallest absolute Gasteiger partial charge is 0.346 e. The van der Waals surface area contributed by atoms with Crippen molar-refractivity contribution in [3.05, 3.63) is 41.5 Å². The van der Waals surface area contributed by atoms with Crippen LogP contribution in [0, 0.1) is 0 Å². The number of aliphatic hydroxyl groups is 4. The first-order valence-electron chi connectivity index (χ1n) is 10.1. The molecular weight excluding hydrogens is 456 g/mol. The van der Waals surface area contributed by atoms with Crippen molar-refractivity contribution in [3.63, 3.8) is 0 Å². The van der Waals surface area contributed by atoms with Gasteiger partial charge < -0.3 is 54.3 Å². The van der Waals surface area contributed by atoms with Gasteiger partial charge in [-0.25, -0.2) is 4.79 Å². The van der Waals surface area contributed by atoms with Gasteiger partial charge in [-0.1, -0.05) is 0 Å². The summed E-state index contributed by atoms with van der Waals surface area (Å²) in [6.45, 7) is -1.07. The first-order valence-corrected chi connectivity index (χ1v) is 10.1. The Kier molecular flexibility index (Phi) is 8.02. The van der Waals surface area contributed by atoms with Crippen molar-refractivity contribution >= 4 is 5.97 Å². The summed E-state index contributed by atoms with van der Waals surface area (Å²) >= 11 is 0. The highest BCUT2D eigenvalue weighted by atomic mass is 16.7. The molecule has 2 aromatic rings. The summed E-state index contributed by atoms with van der Waals surface area (Å²) in [6, 6.07) is 6.47. The number of phenols is 2. The number of benzene rings is 2. The minimum Gasteiger partial charge on any atom is -0.508 e. The summed E-state index contributed by atoms with van der Waals surface area (Å²) in [5.41, 5.74) is -0.00930. The van der Waals surface area contributed by atoms with Gasteiger partial charge in [-0.05, 0) is 30.3 Å². The van der Waals surface area contributed by atoms with E-state index < -0.39 is 49.9 Å². The van der Waals surface area contributed by atoms with Crippen molar-refractivity contribution in [2.45, 2.75) is 37.3 Å². The van der Waals surface area contributed by atoms with E-state index in [2.05, 4.69) is 0 Å². The SMILES string of the molecule is COc1ccc(O)c(OC)c1C(=O)OCc1cc(O)ccc1OC1OC(CO)C(O)C(O)C1O. The molecule has 0 radical (unpaired) electrons. The summed E-state index contributed by atoms with van der Waals surface area (Å²) in [5, 5.41) is 59.3. The molecule has 12 nitrogen and oxygen atoms in total. The summed E-state index contributed by atoms with van der Waals surface area (Å²) in [5.74, 6) is -1.44. The van der Waals surface area contributed by atoms with Crippen LogP contribution in [0.2, 0.25) is 0 Å². The maximum absolute atomic E-state index is 12.8. The number of aliphatic hydroxyl groups excluding tert-OH is 4. The number of aromatic hydroxyl groups is 2. The lowest BCUT2D eigenvalue weighted by atomic mass is 9.99. The number of methoxy groups -OCH3 is 2. The molecule has 0 amide bonds. The van der Waals surface area contributed by atoms with Crippen LogP contribution in [0.5, 0.6) is 28.7 Å². The minimum absolute atomic E-state index is 0.0183. The van der Waals surface area contributed by atoms with E-state index in [4.69, 9.17) is 23.7 Å². The first kappa shape index (κ1) is 25.3. The molecule has 0 aromatic heterocycles. The van der Waals surface area contributed by atoms with Gasteiger partial charge in [0, 0.05) is 5.56 Å². The maximum atomic E-state index is 12.8. The average Bonchev–Trinajstić information content (AvgIpc) is 2.83. The summed E-state index contributed by atoms with van der Waals surface area (Å²) in [7, 11) is 2.58. The molecule has 5 unspecified atom stereocenters. The molecule has 12 heteroatoms. The molecule has 0 spiro atoms. The summed E-state index contributed by atoms with van der Waals surface area (Å²) in [4.78, 5) is 12.8. The molecule has 1 heterocycles. The third kappa shape index (κ3) is 5.11. The van der Waals surface area contributed by atoms with Crippen molar-refractivity contribution in [2.24, 2.45) is 0 Å². The van der Waals surface area contributed by atoms with Crippen LogP contribution in [0.4, 0.5) is 0 Å². The van der Waals surface area contributed by atoms with E-state index in [1.54, 1.807) is 0 Å². The number of carbonyl (C=O) groups is 1. The standard InChI is InChI=1S/C22H26O12/c1-30-14-6-4-12(25)20(31-2)16(14)21(29)32-9-10-7-11(24)3-5-13(10)33-22-19(28)18(27)17(26)15(8-23)34-22/h3-7,15,17-19,22-28H,8-9H2,1-2H3. The van der Waals surface area contributed by atoms with Gasteiger partial charge in [0.1, 0.15) is 53.8 Å². The fourth-order valence-corrected chi connectivity index (χ4v) is 3.42. The van der Waals surface area contributed by atoms with Crippen LogP contribution >= 0.6 is 0 Å². The fraction of sp³-hybridized carbons (Fsp3) is 0.409. The number of carbonyl (C=O) groups excluding carboxylic acids is 1. The number of phenolic OH excluding ortho intramolecular Hbond substituents is 2. The molecule has 1 saturated heterocycles. The molecular formula is C22H26O12. The summed E-state index contributed by atoms with van der Waals surface area (Å²) < 4.78 is 26.5. The van der Waals surface area contributed by atoms with Gasteiger partial charge in [0.05, 0.1) is 20.8 Å². The number of ether oxygens (including phenoxy) is 5. The maximum Gasteiger partial charge on any atom is 0.346 e. The fourth-order valence-electron chi connectivity index (χ4n) is 3.42. The van der Waals surface area contributed by atoms with Crippen LogP contribution in [0.1, 0.15) is 15.9 Å². The molecule has 186 valence electrons. The van der Waals surface area contributed by atoms with Gasteiger partial charge in [0.2, 0.25) is 6.29 Å². The van der Waals surface area contributed by atoms with Crippen LogP contribution in [0.3, 0.4) is 0 Å². The molecule has 6 N–H and O–H groups in total. The second-order valence-corrected chi connectivity index (χ2v) is 7.38. The van der Waals surface area contributed by atoms with Crippen molar-refractivity contribution in [1.82, 2.24) is 0 Å². The normalized spacial score (nSPS) is 24.4. The Morgan fingerprint density at radius 3 is 2.32 bits per heavy atom. The van der Waals surface area contributed by atoms with Crippen molar-refractivity contribution < 1.29 is 59.1 Å². The van der Waals surface area contributed by atoms with Gasteiger partial charge in [-0.3, -0.25) is 0 Å². The molecule has 1 aliphatic heterocycles. The Hall–Kier alpha value is -3.29. The van der Waals surface area contributed by atoms with Gasteiger partial charge >= 0.3 is 5.97 Å². The topological polar surface area (TPSA) is 185 Å². The molecule has 1 fully saturated rings. The van der Waals surface area contributed by atoms with E-state index in [9.17, 15) is 35.4 Å². The summed E-state index contributed by atoms with van der Waals surface area (Å²) in [6.07, 6.45) is -7.55. The Labute approximate surface area is 194 Å². The van der Waals surface area contributed by atoms with E-state index in [0.717, 1.165) is 0 Å². The molecule has 0 aliphatic carbocycles. The monoisotopic (exact) mass is 482 g/mol. The predicted molar refractivity (Wildman–Crippen MR) is 113 cm³/mol. The third-order valence-corrected chi connectivity index (χ3v) is 5.22. The number of rotatable bonds is 8. The Morgan fingerprint density at radius 1 is 0.971 bits per heavy atom. The van der Waals surface area contributed by atoms with E-state index in [1.165, 1.54) is 44.6 Å². The second-order valence-electron chi connectivity index (χ2n) is 7.38. The van der Waals surface area contributed by atoms with Gasteiger partial charge in [-0.15, -0.1) is 0 Å². The molecule has 5 atom stereocenters. The van der Waals surface area contributed by atoms with Crippen LogP contribution < -0.4 is 14.2 Å². The van der Waals surface area contributed by atoms with Crippen LogP contribution in [-0.4, -0.2) is 88.1 Å². The number of esters is 1. The molecule has 3 rings (SSSR count). The largest absolute Gasteiger partial charge is 0.508 e. The van der Waals surface area contributed by atoms with E-state index in [1.807, 2.05) is 0 Å². The van der Waals surface area contributed by atoms with Gasteiger partial charge in [-0.2, -0.15) is 0 Å². The van der Waals surface area contributed by atoms with Crippen molar-refractivity contribution in [1.29, 1.82) is 0 Å². The first-order chi connectivity index (χ1) is 16.2. The molecule has 0 saturated carbocycles. The van der Waals surface area contributed by atoms with Crippen molar-refractivity contribution in [2.75, 3.05) is 20.8 Å². The number of hydrogen-bond donors (Lipinski definition) is 6. The van der Waals surface area contributed by atoms with E-state index in [0.29, 0.717) is 0 Å². The Bertz CT molecular complexity index is 1010. The minimum atomic E-state index is -1.66. The molecule has 34 heavy (non-hydrogen) atoms. The molecule has 0 bridgehead atoms. The zero-order valence-corrected chi connectivity index (χ0v) is 18.3. The molecule has 2 aromatic carbocycles. The van der Waals surface area contributed by atoms with Crippen LogP contribution in [0.25, 0.3) is 0 Å². The predicted octanol–water partition coefficient (Wildman–Crippen LogP) is -0.349. The second kappa shape index (κ2) is 10.8. The average molecular weight is 482 g/mol. The number of hydrogen-bond acceptors (Lipinski definition) is 12. The Morgan fingerprint density at radius 2 is 1.68 bits per heavy atom. The third-order valence-electron chi connectivity index (χ3n) is 5.22. The van der Waals surface area contributed by atoms with E-state index >= 15 is 0 Å². The zero-order chi connectivity index (χ0) is 25.0. The molecule has 1 aliphatic rings.